The Kier molecular flexibility index (Phi) is 6.76. The summed E-state index contributed by atoms with van der Waals surface area (Å²) in [6.07, 6.45) is 0. The van der Waals surface area contributed by atoms with Crippen LogP contribution in [0.5, 0.6) is 0 Å². The SMILES string of the molecule is O=S(=O)(Nc1ccc(NS(=O)(=O)c2ccc(Cl)cc2)c(Cl)c1Cl)c1ccc(Cl)cc1. The Morgan fingerprint density at radius 2 is 0.800 bits per heavy atom. The van der Waals surface area contributed by atoms with Crippen molar-refractivity contribution in [3.8, 4) is 0 Å². The van der Waals surface area contributed by atoms with Crippen molar-refractivity contribution < 1.29 is 16.8 Å². The van der Waals surface area contributed by atoms with Crippen LogP contribution in [0.4, 0.5) is 11.4 Å². The standard InChI is InChI=1S/C18H12Cl4N2O4S2/c19-11-1-5-13(6-2-11)29(25,26)23-15-9-10-16(18(22)17(15)21)24-30(27,28)14-7-3-12(20)4-8-14/h1-10,23-24H. The van der Waals surface area contributed by atoms with Gasteiger partial charge in [-0.3, -0.25) is 9.44 Å². The van der Waals surface area contributed by atoms with E-state index in [0.29, 0.717) is 10.0 Å². The lowest BCUT2D eigenvalue weighted by molar-refractivity contribution is 0.599. The number of hydrogen-bond acceptors (Lipinski definition) is 4. The van der Waals surface area contributed by atoms with Crippen molar-refractivity contribution in [1.82, 2.24) is 0 Å². The molecule has 0 saturated heterocycles. The molecule has 3 aromatic rings. The van der Waals surface area contributed by atoms with E-state index >= 15 is 0 Å². The van der Waals surface area contributed by atoms with Gasteiger partial charge in [0.1, 0.15) is 0 Å². The van der Waals surface area contributed by atoms with E-state index in [1.165, 1.54) is 60.7 Å². The lowest BCUT2D eigenvalue weighted by atomic mass is 10.3. The highest BCUT2D eigenvalue weighted by Gasteiger charge is 2.21. The van der Waals surface area contributed by atoms with Crippen molar-refractivity contribution in [2.75, 3.05) is 9.44 Å². The predicted octanol–water partition coefficient (Wildman–Crippen LogP) is 5.90. The molecule has 3 aromatic carbocycles. The molecule has 0 atom stereocenters. The van der Waals surface area contributed by atoms with Crippen LogP contribution in [0.15, 0.2) is 70.5 Å². The molecule has 0 fully saturated rings. The summed E-state index contributed by atoms with van der Waals surface area (Å²) in [5.74, 6) is 0. The topological polar surface area (TPSA) is 92.3 Å². The van der Waals surface area contributed by atoms with E-state index in [9.17, 15) is 16.8 Å². The van der Waals surface area contributed by atoms with E-state index in [4.69, 9.17) is 46.4 Å². The van der Waals surface area contributed by atoms with E-state index in [1.54, 1.807) is 0 Å². The molecule has 0 radical (unpaired) electrons. The minimum Gasteiger partial charge on any atom is -0.278 e. The van der Waals surface area contributed by atoms with E-state index < -0.39 is 20.0 Å². The smallest absolute Gasteiger partial charge is 0.261 e. The summed E-state index contributed by atoms with van der Waals surface area (Å²) in [5.41, 5.74) is -0.0443. The minimum absolute atomic E-state index is 0.0222. The van der Waals surface area contributed by atoms with Crippen LogP contribution in [0.2, 0.25) is 20.1 Å². The number of halogens is 4. The third kappa shape index (κ3) is 5.14. The molecule has 30 heavy (non-hydrogen) atoms. The maximum Gasteiger partial charge on any atom is 0.261 e. The van der Waals surface area contributed by atoms with Gasteiger partial charge in [0.2, 0.25) is 0 Å². The highest BCUT2D eigenvalue weighted by atomic mass is 35.5. The fourth-order valence-corrected chi connectivity index (χ4v) is 5.27. The van der Waals surface area contributed by atoms with Gasteiger partial charge in [-0.2, -0.15) is 0 Å². The van der Waals surface area contributed by atoms with E-state index in [0.717, 1.165) is 0 Å². The molecule has 0 bridgehead atoms. The fraction of sp³-hybridized carbons (Fsp3) is 0. The second kappa shape index (κ2) is 8.82. The lowest BCUT2D eigenvalue weighted by Crippen LogP contribution is -2.15. The van der Waals surface area contributed by atoms with Crippen LogP contribution in [-0.4, -0.2) is 16.8 Å². The first kappa shape index (κ1) is 23.0. The van der Waals surface area contributed by atoms with Crippen LogP contribution in [0.3, 0.4) is 0 Å². The average molecular weight is 526 g/mol. The Labute approximate surface area is 193 Å². The van der Waals surface area contributed by atoms with E-state index in [2.05, 4.69) is 9.44 Å². The van der Waals surface area contributed by atoms with Gasteiger partial charge in [0.15, 0.2) is 0 Å². The van der Waals surface area contributed by atoms with Crippen molar-refractivity contribution in [2.45, 2.75) is 9.79 Å². The highest BCUT2D eigenvalue weighted by Crippen LogP contribution is 2.38. The summed E-state index contributed by atoms with van der Waals surface area (Å²) in [7, 11) is -7.93. The molecular formula is C18H12Cl4N2O4S2. The maximum absolute atomic E-state index is 12.5. The van der Waals surface area contributed by atoms with Gasteiger partial charge in [-0.25, -0.2) is 16.8 Å². The molecule has 3 rings (SSSR count). The molecule has 0 heterocycles. The van der Waals surface area contributed by atoms with Crippen LogP contribution in [0.1, 0.15) is 0 Å². The van der Waals surface area contributed by atoms with Crippen molar-refractivity contribution in [3.05, 3.63) is 80.8 Å². The molecule has 0 amide bonds. The van der Waals surface area contributed by atoms with Gasteiger partial charge in [0, 0.05) is 10.0 Å². The quantitative estimate of drug-likeness (QED) is 0.419. The first-order valence-electron chi connectivity index (χ1n) is 8.04. The number of hydrogen-bond donors (Lipinski definition) is 2. The van der Waals surface area contributed by atoms with Crippen molar-refractivity contribution in [3.63, 3.8) is 0 Å². The highest BCUT2D eigenvalue weighted by molar-refractivity contribution is 7.93. The summed E-state index contributed by atoms with van der Waals surface area (Å²) in [6.45, 7) is 0. The number of anilines is 2. The molecule has 158 valence electrons. The Morgan fingerprint density at radius 3 is 1.10 bits per heavy atom. The summed E-state index contributed by atoms with van der Waals surface area (Å²) in [4.78, 5) is -0.0711. The molecule has 0 aliphatic heterocycles. The Morgan fingerprint density at radius 1 is 0.500 bits per heavy atom. The molecule has 0 saturated carbocycles. The van der Waals surface area contributed by atoms with Crippen LogP contribution in [0, 0.1) is 0 Å². The van der Waals surface area contributed by atoms with Crippen molar-refractivity contribution in [2.24, 2.45) is 0 Å². The first-order valence-corrected chi connectivity index (χ1v) is 12.5. The van der Waals surface area contributed by atoms with Crippen LogP contribution >= 0.6 is 46.4 Å². The minimum atomic E-state index is -3.97. The summed E-state index contributed by atoms with van der Waals surface area (Å²) < 4.78 is 54.7. The molecule has 2 N–H and O–H groups in total. The normalized spacial score (nSPS) is 11.9. The molecule has 0 aromatic heterocycles. The Hall–Kier alpha value is -1.68. The summed E-state index contributed by atoms with van der Waals surface area (Å²) in [5, 5.41) is 0.413. The Bertz CT molecular complexity index is 1190. The zero-order valence-electron chi connectivity index (χ0n) is 14.7. The summed E-state index contributed by atoms with van der Waals surface area (Å²) in [6, 6.07) is 13.6. The third-order valence-electron chi connectivity index (χ3n) is 3.82. The van der Waals surface area contributed by atoms with Gasteiger partial charge >= 0.3 is 0 Å². The Balaban J connectivity index is 1.88. The van der Waals surface area contributed by atoms with E-state index in [-0.39, 0.29) is 31.2 Å². The zero-order valence-corrected chi connectivity index (χ0v) is 19.4. The molecular weight excluding hydrogens is 514 g/mol. The summed E-state index contributed by atoms with van der Waals surface area (Å²) >= 11 is 23.9. The predicted molar refractivity (Wildman–Crippen MR) is 121 cm³/mol. The van der Waals surface area contributed by atoms with Crippen molar-refractivity contribution >= 4 is 77.8 Å². The second-order valence-corrected chi connectivity index (χ2v) is 10.9. The second-order valence-electron chi connectivity index (χ2n) is 5.91. The average Bonchev–Trinajstić information content (AvgIpc) is 2.68. The maximum atomic E-state index is 12.5. The molecule has 0 aliphatic rings. The number of rotatable bonds is 6. The molecule has 6 nitrogen and oxygen atoms in total. The van der Waals surface area contributed by atoms with Crippen molar-refractivity contribution in [1.29, 1.82) is 0 Å². The first-order chi connectivity index (χ1) is 14.0. The number of sulfonamides is 2. The van der Waals surface area contributed by atoms with Gasteiger partial charge in [-0.1, -0.05) is 46.4 Å². The number of nitrogens with one attached hydrogen (secondary N) is 2. The third-order valence-corrected chi connectivity index (χ3v) is 7.97. The lowest BCUT2D eigenvalue weighted by Gasteiger charge is -2.14. The molecule has 0 unspecified atom stereocenters. The van der Waals surface area contributed by atoms with E-state index in [1.807, 2.05) is 0 Å². The van der Waals surface area contributed by atoms with Crippen LogP contribution < -0.4 is 9.44 Å². The monoisotopic (exact) mass is 524 g/mol. The van der Waals surface area contributed by atoms with Crippen LogP contribution in [0.25, 0.3) is 0 Å². The number of benzene rings is 3. The molecule has 12 heteroatoms. The van der Waals surface area contributed by atoms with Gasteiger partial charge < -0.3 is 0 Å². The van der Waals surface area contributed by atoms with Gasteiger partial charge in [0.05, 0.1) is 31.2 Å². The fourth-order valence-electron chi connectivity index (χ4n) is 2.34. The van der Waals surface area contributed by atoms with Gasteiger partial charge in [0.25, 0.3) is 20.0 Å². The van der Waals surface area contributed by atoms with Crippen LogP contribution in [-0.2, 0) is 20.0 Å². The zero-order chi connectivity index (χ0) is 22.1. The largest absolute Gasteiger partial charge is 0.278 e. The molecule has 0 aliphatic carbocycles. The van der Waals surface area contributed by atoms with Gasteiger partial charge in [-0.15, -0.1) is 0 Å². The molecule has 0 spiro atoms. The van der Waals surface area contributed by atoms with Gasteiger partial charge in [-0.05, 0) is 60.7 Å².